The monoisotopic (exact) mass is 294 g/mol. The van der Waals surface area contributed by atoms with Crippen LogP contribution in [0.25, 0.3) is 0 Å². The Hall–Kier alpha value is -2.88. The zero-order chi connectivity index (χ0) is 15.4. The van der Waals surface area contributed by atoms with Gasteiger partial charge >= 0.3 is 5.97 Å². The maximum absolute atomic E-state index is 12.4. The van der Waals surface area contributed by atoms with Crippen LogP contribution in [-0.2, 0) is 4.74 Å². The standard InChI is InChI=1S/C18H14O4/c19-17-14(10-11-21-16-9-5-4-8-15(16)17)12-22-18(20)13-6-2-1-3-7-13/h1-9,12H,10-11H2. The van der Waals surface area contributed by atoms with Crippen molar-refractivity contribution in [1.82, 2.24) is 0 Å². The van der Waals surface area contributed by atoms with E-state index in [1.807, 2.05) is 12.1 Å². The van der Waals surface area contributed by atoms with Gasteiger partial charge in [-0.15, -0.1) is 0 Å². The van der Waals surface area contributed by atoms with Gasteiger partial charge in [0.15, 0.2) is 5.78 Å². The van der Waals surface area contributed by atoms with Gasteiger partial charge in [-0.25, -0.2) is 4.79 Å². The zero-order valence-corrected chi connectivity index (χ0v) is 11.8. The highest BCUT2D eigenvalue weighted by atomic mass is 16.5. The van der Waals surface area contributed by atoms with E-state index in [9.17, 15) is 9.59 Å². The number of ketones is 1. The molecule has 0 aliphatic carbocycles. The fourth-order valence-corrected chi connectivity index (χ4v) is 2.22. The molecule has 0 saturated heterocycles. The van der Waals surface area contributed by atoms with Crippen LogP contribution >= 0.6 is 0 Å². The topological polar surface area (TPSA) is 52.6 Å². The molecule has 0 radical (unpaired) electrons. The number of carbonyl (C=O) groups excluding carboxylic acids is 2. The minimum atomic E-state index is -0.487. The third kappa shape index (κ3) is 2.91. The third-order valence-corrected chi connectivity index (χ3v) is 3.37. The summed E-state index contributed by atoms with van der Waals surface area (Å²) in [6.45, 7) is 0.372. The minimum absolute atomic E-state index is 0.172. The highest BCUT2D eigenvalue weighted by Crippen LogP contribution is 2.26. The van der Waals surface area contributed by atoms with E-state index >= 15 is 0 Å². The lowest BCUT2D eigenvalue weighted by molar-refractivity contribution is 0.0659. The van der Waals surface area contributed by atoms with Crippen LogP contribution in [0, 0.1) is 0 Å². The van der Waals surface area contributed by atoms with Crippen LogP contribution in [0.1, 0.15) is 27.1 Å². The summed E-state index contributed by atoms with van der Waals surface area (Å²) in [6, 6.07) is 15.7. The lowest BCUT2D eigenvalue weighted by Gasteiger charge is -2.04. The summed E-state index contributed by atoms with van der Waals surface area (Å²) in [5, 5.41) is 0. The summed E-state index contributed by atoms with van der Waals surface area (Å²) in [4.78, 5) is 24.4. The summed E-state index contributed by atoms with van der Waals surface area (Å²) in [5.74, 6) is -0.0985. The molecule has 110 valence electrons. The molecule has 0 N–H and O–H groups in total. The Morgan fingerprint density at radius 3 is 2.59 bits per heavy atom. The van der Waals surface area contributed by atoms with Crippen LogP contribution in [0.3, 0.4) is 0 Å². The van der Waals surface area contributed by atoms with Crippen molar-refractivity contribution < 1.29 is 19.1 Å². The van der Waals surface area contributed by atoms with E-state index in [0.29, 0.717) is 35.5 Å². The number of benzene rings is 2. The Labute approximate surface area is 128 Å². The molecule has 0 fully saturated rings. The number of para-hydroxylation sites is 1. The van der Waals surface area contributed by atoms with Gasteiger partial charge in [0.05, 0.1) is 17.7 Å². The summed E-state index contributed by atoms with van der Waals surface area (Å²) in [5.41, 5.74) is 1.35. The second kappa shape index (κ2) is 6.26. The average molecular weight is 294 g/mol. The molecule has 3 rings (SSSR count). The smallest absolute Gasteiger partial charge is 0.342 e. The van der Waals surface area contributed by atoms with Gasteiger partial charge < -0.3 is 9.47 Å². The van der Waals surface area contributed by atoms with Crippen molar-refractivity contribution in [2.45, 2.75) is 6.42 Å². The first-order chi connectivity index (χ1) is 10.8. The first-order valence-corrected chi connectivity index (χ1v) is 6.97. The van der Waals surface area contributed by atoms with Gasteiger partial charge in [0, 0.05) is 12.0 Å². The fourth-order valence-electron chi connectivity index (χ4n) is 2.22. The van der Waals surface area contributed by atoms with E-state index < -0.39 is 5.97 Å². The molecule has 0 spiro atoms. The maximum atomic E-state index is 12.4. The molecule has 2 aromatic carbocycles. The highest BCUT2D eigenvalue weighted by molar-refractivity contribution is 6.10. The number of esters is 1. The summed E-state index contributed by atoms with van der Waals surface area (Å²) < 4.78 is 10.7. The van der Waals surface area contributed by atoms with Gasteiger partial charge in [-0.3, -0.25) is 4.79 Å². The van der Waals surface area contributed by atoms with E-state index in [-0.39, 0.29) is 5.78 Å². The van der Waals surface area contributed by atoms with E-state index in [2.05, 4.69) is 0 Å². The van der Waals surface area contributed by atoms with E-state index in [0.717, 1.165) is 0 Å². The molecule has 0 saturated carbocycles. The Kier molecular flexibility index (Phi) is 4.01. The van der Waals surface area contributed by atoms with Crippen molar-refractivity contribution in [3.8, 4) is 5.75 Å². The van der Waals surface area contributed by atoms with Gasteiger partial charge in [-0.05, 0) is 24.3 Å². The predicted octanol–water partition coefficient (Wildman–Crippen LogP) is 3.39. The lowest BCUT2D eigenvalue weighted by Crippen LogP contribution is -2.06. The summed E-state index contributed by atoms with van der Waals surface area (Å²) in [7, 11) is 0. The van der Waals surface area contributed by atoms with Crippen molar-refractivity contribution in [3.63, 3.8) is 0 Å². The van der Waals surface area contributed by atoms with Crippen molar-refractivity contribution in [1.29, 1.82) is 0 Å². The fraction of sp³-hybridized carbons (Fsp3) is 0.111. The van der Waals surface area contributed by atoms with Gasteiger partial charge in [-0.1, -0.05) is 30.3 Å². The minimum Gasteiger partial charge on any atom is -0.492 e. The molecule has 0 bridgehead atoms. The lowest BCUT2D eigenvalue weighted by atomic mass is 10.0. The van der Waals surface area contributed by atoms with Gasteiger partial charge in [0.2, 0.25) is 0 Å². The maximum Gasteiger partial charge on any atom is 0.342 e. The number of carbonyl (C=O) groups is 2. The van der Waals surface area contributed by atoms with Crippen LogP contribution in [0.15, 0.2) is 66.4 Å². The zero-order valence-electron chi connectivity index (χ0n) is 11.8. The molecule has 0 unspecified atom stereocenters. The molecular formula is C18H14O4. The SMILES string of the molecule is O=C(OC=C1CCOc2ccccc2C1=O)c1ccccc1. The molecule has 1 aliphatic heterocycles. The van der Waals surface area contributed by atoms with E-state index in [1.165, 1.54) is 6.26 Å². The molecule has 2 aromatic rings. The van der Waals surface area contributed by atoms with Crippen LogP contribution in [0.4, 0.5) is 0 Å². The first-order valence-electron chi connectivity index (χ1n) is 6.97. The van der Waals surface area contributed by atoms with Crippen LogP contribution in [0.5, 0.6) is 5.75 Å². The molecule has 1 heterocycles. The average Bonchev–Trinajstić information content (AvgIpc) is 2.73. The molecule has 0 aromatic heterocycles. The predicted molar refractivity (Wildman–Crippen MR) is 80.8 cm³/mol. The van der Waals surface area contributed by atoms with Gasteiger partial charge in [0.25, 0.3) is 0 Å². The molecule has 4 heteroatoms. The molecule has 0 amide bonds. The quantitative estimate of drug-likeness (QED) is 0.484. The molecule has 0 atom stereocenters. The number of hydrogen-bond donors (Lipinski definition) is 0. The summed E-state index contributed by atoms with van der Waals surface area (Å²) in [6.07, 6.45) is 1.64. The van der Waals surface area contributed by atoms with Crippen molar-refractivity contribution >= 4 is 11.8 Å². The second-order valence-electron chi connectivity index (χ2n) is 4.84. The highest BCUT2D eigenvalue weighted by Gasteiger charge is 2.21. The third-order valence-electron chi connectivity index (χ3n) is 3.37. The van der Waals surface area contributed by atoms with Gasteiger partial charge in [0.1, 0.15) is 12.0 Å². The molecule has 22 heavy (non-hydrogen) atoms. The number of fused-ring (bicyclic) bond motifs is 1. The van der Waals surface area contributed by atoms with E-state index in [4.69, 9.17) is 9.47 Å². The molecule has 4 nitrogen and oxygen atoms in total. The molecular weight excluding hydrogens is 280 g/mol. The Bertz CT molecular complexity index is 732. The van der Waals surface area contributed by atoms with Crippen LogP contribution < -0.4 is 4.74 Å². The largest absolute Gasteiger partial charge is 0.492 e. The normalized spacial score (nSPS) is 15.6. The van der Waals surface area contributed by atoms with E-state index in [1.54, 1.807) is 42.5 Å². The van der Waals surface area contributed by atoms with Crippen LogP contribution in [0.2, 0.25) is 0 Å². The molecule has 1 aliphatic rings. The summed E-state index contributed by atoms with van der Waals surface area (Å²) >= 11 is 0. The van der Waals surface area contributed by atoms with Crippen molar-refractivity contribution in [3.05, 3.63) is 77.6 Å². The number of hydrogen-bond acceptors (Lipinski definition) is 4. The Morgan fingerprint density at radius 2 is 1.77 bits per heavy atom. The number of rotatable bonds is 2. The number of ether oxygens (including phenoxy) is 2. The van der Waals surface area contributed by atoms with Crippen molar-refractivity contribution in [2.24, 2.45) is 0 Å². The first kappa shape index (κ1) is 14.1. The second-order valence-corrected chi connectivity index (χ2v) is 4.84. The van der Waals surface area contributed by atoms with Gasteiger partial charge in [-0.2, -0.15) is 0 Å². The Morgan fingerprint density at radius 1 is 1.05 bits per heavy atom. The van der Waals surface area contributed by atoms with Crippen LogP contribution in [-0.4, -0.2) is 18.4 Å². The Balaban J connectivity index is 1.80. The number of Topliss-reactive ketones (excluding diaryl/α,β-unsaturated/α-hetero) is 1. The van der Waals surface area contributed by atoms with Crippen molar-refractivity contribution in [2.75, 3.05) is 6.61 Å².